The summed E-state index contributed by atoms with van der Waals surface area (Å²) in [5, 5.41) is 11.1. The number of nitrogens with zero attached hydrogens (tertiary/aromatic N) is 3. The van der Waals surface area contributed by atoms with Crippen LogP contribution in [0, 0.1) is 0 Å². The number of carbonyl (C=O) groups is 1. The van der Waals surface area contributed by atoms with E-state index in [2.05, 4.69) is 15.6 Å². The van der Waals surface area contributed by atoms with E-state index in [0.717, 1.165) is 11.1 Å². The average molecular weight is 396 g/mol. The molecule has 8 nitrogen and oxygen atoms in total. The molecule has 0 unspecified atom stereocenters. The number of carbonyl (C=O) groups excluding carboxylic acids is 1. The molecule has 29 heavy (non-hydrogen) atoms. The number of rotatable bonds is 9. The van der Waals surface area contributed by atoms with Crippen LogP contribution < -0.4 is 19.5 Å². The summed E-state index contributed by atoms with van der Waals surface area (Å²) in [6, 6.07) is 13.2. The van der Waals surface area contributed by atoms with Crippen LogP contribution in [0.3, 0.4) is 0 Å². The maximum Gasteiger partial charge on any atom is 0.241 e. The minimum Gasteiger partial charge on any atom is -0.496 e. The molecule has 152 valence electrons. The van der Waals surface area contributed by atoms with E-state index in [1.54, 1.807) is 27.5 Å². The Bertz CT molecular complexity index is 971. The maximum absolute atomic E-state index is 12.2. The fourth-order valence-electron chi connectivity index (χ4n) is 2.94. The molecule has 0 spiro atoms. The van der Waals surface area contributed by atoms with Gasteiger partial charge in [-0.05, 0) is 36.2 Å². The molecule has 3 rings (SSSR count). The van der Waals surface area contributed by atoms with Crippen molar-refractivity contribution in [2.24, 2.45) is 0 Å². The summed E-state index contributed by atoms with van der Waals surface area (Å²) < 4.78 is 17.4. The maximum atomic E-state index is 12.2. The number of amides is 1. The van der Waals surface area contributed by atoms with Crippen LogP contribution in [-0.4, -0.2) is 48.8 Å². The van der Waals surface area contributed by atoms with Crippen molar-refractivity contribution in [3.8, 4) is 28.5 Å². The van der Waals surface area contributed by atoms with Crippen LogP contribution in [0.2, 0.25) is 0 Å². The SMILES string of the molecule is COc1ccc(CCNC(=O)Cn2cc(-c3ccccc3OC)nn2)cc1OC. The number of hydrogen-bond acceptors (Lipinski definition) is 6. The van der Waals surface area contributed by atoms with Crippen molar-refractivity contribution in [3.05, 3.63) is 54.2 Å². The van der Waals surface area contributed by atoms with Gasteiger partial charge in [0.1, 0.15) is 18.0 Å². The second kappa shape index (κ2) is 9.59. The van der Waals surface area contributed by atoms with Gasteiger partial charge in [0.15, 0.2) is 11.5 Å². The Morgan fingerprint density at radius 3 is 2.52 bits per heavy atom. The van der Waals surface area contributed by atoms with Crippen LogP contribution in [0.25, 0.3) is 11.3 Å². The Balaban J connectivity index is 1.53. The molecule has 1 amide bonds. The lowest BCUT2D eigenvalue weighted by atomic mass is 10.1. The highest BCUT2D eigenvalue weighted by Gasteiger charge is 2.11. The third-order valence-electron chi connectivity index (χ3n) is 4.41. The number of para-hydroxylation sites is 1. The fourth-order valence-corrected chi connectivity index (χ4v) is 2.94. The van der Waals surface area contributed by atoms with E-state index < -0.39 is 0 Å². The molecule has 0 atom stereocenters. The van der Waals surface area contributed by atoms with Gasteiger partial charge in [-0.1, -0.05) is 23.4 Å². The van der Waals surface area contributed by atoms with E-state index in [0.29, 0.717) is 35.9 Å². The van der Waals surface area contributed by atoms with Gasteiger partial charge in [0.2, 0.25) is 5.91 Å². The van der Waals surface area contributed by atoms with Gasteiger partial charge in [-0.15, -0.1) is 5.10 Å². The number of methoxy groups -OCH3 is 3. The molecule has 0 saturated heterocycles. The number of ether oxygens (including phenoxy) is 3. The molecule has 0 saturated carbocycles. The van der Waals surface area contributed by atoms with Gasteiger partial charge in [0.25, 0.3) is 0 Å². The molecule has 0 radical (unpaired) electrons. The van der Waals surface area contributed by atoms with Crippen LogP contribution in [-0.2, 0) is 17.8 Å². The van der Waals surface area contributed by atoms with Gasteiger partial charge in [0, 0.05) is 12.1 Å². The van der Waals surface area contributed by atoms with Gasteiger partial charge < -0.3 is 19.5 Å². The number of aromatic nitrogens is 3. The molecule has 0 aliphatic rings. The van der Waals surface area contributed by atoms with Crippen molar-refractivity contribution in [1.82, 2.24) is 20.3 Å². The van der Waals surface area contributed by atoms with E-state index in [9.17, 15) is 4.79 Å². The first kappa shape index (κ1) is 20.2. The quantitative estimate of drug-likeness (QED) is 0.597. The lowest BCUT2D eigenvalue weighted by molar-refractivity contribution is -0.121. The van der Waals surface area contributed by atoms with E-state index in [1.807, 2.05) is 42.5 Å². The number of benzene rings is 2. The normalized spacial score (nSPS) is 10.4. The predicted octanol–water partition coefficient (Wildman–Crippen LogP) is 2.33. The van der Waals surface area contributed by atoms with Crippen molar-refractivity contribution >= 4 is 5.91 Å². The summed E-state index contributed by atoms with van der Waals surface area (Å²) in [5.74, 6) is 1.92. The number of nitrogens with one attached hydrogen (secondary N) is 1. The molecular formula is C21H24N4O4. The van der Waals surface area contributed by atoms with Gasteiger partial charge in [-0.25, -0.2) is 4.68 Å². The lowest BCUT2D eigenvalue weighted by Gasteiger charge is -2.10. The van der Waals surface area contributed by atoms with E-state index in [-0.39, 0.29) is 12.5 Å². The van der Waals surface area contributed by atoms with E-state index in [1.165, 1.54) is 4.68 Å². The zero-order chi connectivity index (χ0) is 20.6. The highest BCUT2D eigenvalue weighted by Crippen LogP contribution is 2.28. The van der Waals surface area contributed by atoms with Crippen LogP contribution in [0.5, 0.6) is 17.2 Å². The molecule has 8 heteroatoms. The Labute approximate surface area is 169 Å². The summed E-state index contributed by atoms with van der Waals surface area (Å²) in [5.41, 5.74) is 2.53. The fraction of sp³-hybridized carbons (Fsp3) is 0.286. The molecule has 0 bridgehead atoms. The minimum absolute atomic E-state index is 0.0914. The van der Waals surface area contributed by atoms with Crippen molar-refractivity contribution in [1.29, 1.82) is 0 Å². The molecule has 1 heterocycles. The highest BCUT2D eigenvalue weighted by atomic mass is 16.5. The molecule has 2 aromatic carbocycles. The van der Waals surface area contributed by atoms with E-state index >= 15 is 0 Å². The Morgan fingerprint density at radius 2 is 1.76 bits per heavy atom. The minimum atomic E-state index is -0.137. The molecule has 0 fully saturated rings. The molecule has 0 aliphatic heterocycles. The van der Waals surface area contributed by atoms with Crippen molar-refractivity contribution in [2.45, 2.75) is 13.0 Å². The van der Waals surface area contributed by atoms with E-state index in [4.69, 9.17) is 14.2 Å². The molecular weight excluding hydrogens is 372 g/mol. The van der Waals surface area contributed by atoms with Gasteiger partial charge >= 0.3 is 0 Å². The van der Waals surface area contributed by atoms with Crippen LogP contribution in [0.1, 0.15) is 5.56 Å². The largest absolute Gasteiger partial charge is 0.496 e. The number of hydrogen-bond donors (Lipinski definition) is 1. The average Bonchev–Trinajstić information content (AvgIpc) is 3.21. The second-order valence-electron chi connectivity index (χ2n) is 6.29. The zero-order valence-electron chi connectivity index (χ0n) is 16.7. The Hall–Kier alpha value is -3.55. The Morgan fingerprint density at radius 1 is 1.00 bits per heavy atom. The summed E-state index contributed by atoms with van der Waals surface area (Å²) in [6.07, 6.45) is 2.40. The molecule has 1 N–H and O–H groups in total. The van der Waals surface area contributed by atoms with Crippen LogP contribution >= 0.6 is 0 Å². The molecule has 0 aliphatic carbocycles. The first-order chi connectivity index (χ1) is 14.1. The third kappa shape index (κ3) is 5.04. The van der Waals surface area contributed by atoms with Crippen LogP contribution in [0.15, 0.2) is 48.7 Å². The van der Waals surface area contributed by atoms with Crippen molar-refractivity contribution in [2.75, 3.05) is 27.9 Å². The first-order valence-electron chi connectivity index (χ1n) is 9.15. The van der Waals surface area contributed by atoms with Gasteiger partial charge in [-0.2, -0.15) is 0 Å². The highest BCUT2D eigenvalue weighted by molar-refractivity contribution is 5.75. The van der Waals surface area contributed by atoms with Crippen LogP contribution in [0.4, 0.5) is 0 Å². The summed E-state index contributed by atoms with van der Waals surface area (Å²) in [6.45, 7) is 0.594. The monoisotopic (exact) mass is 396 g/mol. The zero-order valence-corrected chi connectivity index (χ0v) is 16.7. The summed E-state index contributed by atoms with van der Waals surface area (Å²) in [4.78, 5) is 12.2. The molecule has 1 aromatic heterocycles. The lowest BCUT2D eigenvalue weighted by Crippen LogP contribution is -2.29. The van der Waals surface area contributed by atoms with Crippen molar-refractivity contribution in [3.63, 3.8) is 0 Å². The standard InChI is InChI=1S/C21H24N4O4/c1-27-18-7-5-4-6-16(18)17-13-25(24-23-17)14-21(26)22-11-10-15-8-9-19(28-2)20(12-15)29-3/h4-9,12-13H,10-11,14H2,1-3H3,(H,22,26). The summed E-state index contributed by atoms with van der Waals surface area (Å²) >= 11 is 0. The van der Waals surface area contributed by atoms with Gasteiger partial charge in [-0.3, -0.25) is 4.79 Å². The van der Waals surface area contributed by atoms with Gasteiger partial charge in [0.05, 0.1) is 27.5 Å². The third-order valence-corrected chi connectivity index (χ3v) is 4.41. The first-order valence-corrected chi connectivity index (χ1v) is 9.15. The topological polar surface area (TPSA) is 87.5 Å². The van der Waals surface area contributed by atoms with Crippen molar-refractivity contribution < 1.29 is 19.0 Å². The predicted molar refractivity (Wildman–Crippen MR) is 108 cm³/mol. The molecule has 3 aromatic rings. The Kier molecular flexibility index (Phi) is 6.67. The smallest absolute Gasteiger partial charge is 0.241 e. The second-order valence-corrected chi connectivity index (χ2v) is 6.29. The summed E-state index contributed by atoms with van der Waals surface area (Å²) in [7, 11) is 4.80.